The lowest BCUT2D eigenvalue weighted by Crippen LogP contribution is -2.35. The number of aromatic nitrogens is 2. The summed E-state index contributed by atoms with van der Waals surface area (Å²) in [5.74, 6) is 1.37. The maximum Gasteiger partial charge on any atom is 0.272 e. The zero-order chi connectivity index (χ0) is 17.1. The van der Waals surface area contributed by atoms with Crippen molar-refractivity contribution in [3.05, 3.63) is 27.9 Å². The number of thiophene rings is 1. The Morgan fingerprint density at radius 2 is 2.12 bits per heavy atom. The normalized spacial score (nSPS) is 15.0. The number of hydrogen-bond acceptors (Lipinski definition) is 5. The van der Waals surface area contributed by atoms with Crippen LogP contribution in [0.1, 0.15) is 44.6 Å². The van der Waals surface area contributed by atoms with Crippen LogP contribution in [0.3, 0.4) is 0 Å². The van der Waals surface area contributed by atoms with Crippen LogP contribution >= 0.6 is 11.3 Å². The lowest BCUT2D eigenvalue weighted by molar-refractivity contribution is 0.271. The Labute approximate surface area is 146 Å². The van der Waals surface area contributed by atoms with E-state index in [4.69, 9.17) is 9.72 Å². The molecule has 0 unspecified atom stereocenters. The Balaban J connectivity index is 1.99. The molecule has 0 radical (unpaired) electrons. The van der Waals surface area contributed by atoms with Gasteiger partial charge in [0, 0.05) is 25.5 Å². The highest BCUT2D eigenvalue weighted by atomic mass is 32.1. The van der Waals surface area contributed by atoms with Crippen LogP contribution in [0.25, 0.3) is 16.0 Å². The third-order valence-corrected chi connectivity index (χ3v) is 5.45. The van der Waals surface area contributed by atoms with Crippen molar-refractivity contribution in [2.45, 2.75) is 39.0 Å². The fourth-order valence-electron chi connectivity index (χ4n) is 3.02. The summed E-state index contributed by atoms with van der Waals surface area (Å²) in [5, 5.41) is 1.94. The smallest absolute Gasteiger partial charge is 0.272 e. The largest absolute Gasteiger partial charge is 0.493 e. The van der Waals surface area contributed by atoms with Gasteiger partial charge in [-0.3, -0.25) is 9.36 Å². The monoisotopic (exact) mass is 347 g/mol. The average Bonchev–Trinajstić information content (AvgIpc) is 3.03. The first-order valence-corrected chi connectivity index (χ1v) is 9.56. The number of ether oxygens (including phenoxy) is 1. The van der Waals surface area contributed by atoms with Crippen LogP contribution in [0.2, 0.25) is 0 Å². The molecule has 0 N–H and O–H groups in total. The molecule has 1 aliphatic rings. The van der Waals surface area contributed by atoms with E-state index in [1.54, 1.807) is 4.57 Å². The van der Waals surface area contributed by atoms with Gasteiger partial charge in [-0.25, -0.2) is 4.98 Å². The second kappa shape index (κ2) is 7.38. The number of anilines is 1. The van der Waals surface area contributed by atoms with E-state index in [0.29, 0.717) is 17.1 Å². The summed E-state index contributed by atoms with van der Waals surface area (Å²) >= 11 is 1.42. The molecule has 1 saturated heterocycles. The molecule has 0 aliphatic carbocycles. The van der Waals surface area contributed by atoms with Gasteiger partial charge in [-0.1, -0.05) is 19.9 Å². The van der Waals surface area contributed by atoms with Crippen molar-refractivity contribution < 1.29 is 4.74 Å². The van der Waals surface area contributed by atoms with Crippen molar-refractivity contribution in [3.8, 4) is 0 Å². The van der Waals surface area contributed by atoms with E-state index in [2.05, 4.69) is 18.4 Å². The first kappa shape index (κ1) is 17.0. The SMILES string of the molecule is C=C(OCCCC)c1csc2c(=O)n(C)c(N3CCCCC3)nc12. The first-order chi connectivity index (χ1) is 11.6. The topological polar surface area (TPSA) is 47.4 Å². The third-order valence-electron chi connectivity index (χ3n) is 4.49. The van der Waals surface area contributed by atoms with Gasteiger partial charge in [-0.2, -0.15) is 0 Å². The summed E-state index contributed by atoms with van der Waals surface area (Å²) in [6, 6.07) is 0. The second-order valence-electron chi connectivity index (χ2n) is 6.28. The van der Waals surface area contributed by atoms with Crippen molar-refractivity contribution in [3.63, 3.8) is 0 Å². The highest BCUT2D eigenvalue weighted by molar-refractivity contribution is 7.17. The molecule has 2 aromatic rings. The van der Waals surface area contributed by atoms with Gasteiger partial charge < -0.3 is 9.64 Å². The van der Waals surface area contributed by atoms with Gasteiger partial charge in [0.25, 0.3) is 5.56 Å². The van der Waals surface area contributed by atoms with Crippen LogP contribution in [0.5, 0.6) is 0 Å². The minimum absolute atomic E-state index is 0.0122. The molecule has 0 aromatic carbocycles. The Hall–Kier alpha value is -1.82. The molecule has 6 heteroatoms. The van der Waals surface area contributed by atoms with Crippen LogP contribution in [0.4, 0.5) is 5.95 Å². The van der Waals surface area contributed by atoms with E-state index in [0.717, 1.165) is 55.8 Å². The standard InChI is InChI=1S/C18H25N3O2S/c1-4-5-11-23-13(2)14-12-24-16-15(14)19-18(20(3)17(16)22)21-9-7-6-8-10-21/h12H,2,4-11H2,1,3H3. The molecule has 130 valence electrons. The number of fused-ring (bicyclic) bond motifs is 1. The number of nitrogens with zero attached hydrogens (tertiary/aromatic N) is 3. The first-order valence-electron chi connectivity index (χ1n) is 8.68. The molecule has 2 aromatic heterocycles. The number of hydrogen-bond donors (Lipinski definition) is 0. The molecule has 24 heavy (non-hydrogen) atoms. The minimum atomic E-state index is 0.0122. The van der Waals surface area contributed by atoms with Crippen LogP contribution in [-0.4, -0.2) is 29.2 Å². The van der Waals surface area contributed by atoms with Crippen molar-refractivity contribution >= 4 is 33.3 Å². The van der Waals surface area contributed by atoms with E-state index in [1.807, 2.05) is 12.4 Å². The van der Waals surface area contributed by atoms with Gasteiger partial charge in [0.2, 0.25) is 5.95 Å². The van der Waals surface area contributed by atoms with Gasteiger partial charge >= 0.3 is 0 Å². The lowest BCUT2D eigenvalue weighted by atomic mass is 10.1. The zero-order valence-electron chi connectivity index (χ0n) is 14.5. The fourth-order valence-corrected chi connectivity index (χ4v) is 4.01. The molecule has 0 saturated carbocycles. The Kier molecular flexibility index (Phi) is 5.23. The highest BCUT2D eigenvalue weighted by Gasteiger charge is 2.20. The van der Waals surface area contributed by atoms with Gasteiger partial charge in [0.15, 0.2) is 0 Å². The molecule has 5 nitrogen and oxygen atoms in total. The van der Waals surface area contributed by atoms with Crippen molar-refractivity contribution in [1.29, 1.82) is 0 Å². The molecule has 1 fully saturated rings. The number of piperidine rings is 1. The van der Waals surface area contributed by atoms with Gasteiger partial charge in [0.1, 0.15) is 16.0 Å². The molecular weight excluding hydrogens is 322 g/mol. The summed E-state index contributed by atoms with van der Waals surface area (Å²) < 4.78 is 8.09. The maximum absolute atomic E-state index is 12.7. The van der Waals surface area contributed by atoms with E-state index in [-0.39, 0.29) is 5.56 Å². The van der Waals surface area contributed by atoms with Crippen LogP contribution in [0, 0.1) is 0 Å². The molecular formula is C18H25N3O2S. The fraction of sp³-hybridized carbons (Fsp3) is 0.556. The van der Waals surface area contributed by atoms with Crippen LogP contribution in [-0.2, 0) is 11.8 Å². The van der Waals surface area contributed by atoms with Gasteiger partial charge in [0.05, 0.1) is 12.2 Å². The summed E-state index contributed by atoms with van der Waals surface area (Å²) in [7, 11) is 1.81. The molecule has 3 heterocycles. The lowest BCUT2D eigenvalue weighted by Gasteiger charge is -2.28. The second-order valence-corrected chi connectivity index (χ2v) is 7.16. The number of rotatable bonds is 6. The van der Waals surface area contributed by atoms with E-state index in [9.17, 15) is 4.79 Å². The number of unbranched alkanes of at least 4 members (excludes halogenated alkanes) is 1. The zero-order valence-corrected chi connectivity index (χ0v) is 15.3. The van der Waals surface area contributed by atoms with Gasteiger partial charge in [-0.15, -0.1) is 11.3 Å². The molecule has 0 atom stereocenters. The molecule has 0 spiro atoms. The van der Waals surface area contributed by atoms with E-state index < -0.39 is 0 Å². The predicted octanol–water partition coefficient (Wildman–Crippen LogP) is 3.77. The van der Waals surface area contributed by atoms with Crippen molar-refractivity contribution in [1.82, 2.24) is 9.55 Å². The predicted molar refractivity (Wildman–Crippen MR) is 101 cm³/mol. The summed E-state index contributed by atoms with van der Waals surface area (Å²) in [6.45, 7) is 8.73. The Bertz CT molecular complexity index is 787. The third kappa shape index (κ3) is 3.20. The van der Waals surface area contributed by atoms with Crippen molar-refractivity contribution in [2.24, 2.45) is 7.05 Å². The van der Waals surface area contributed by atoms with Crippen LogP contribution < -0.4 is 10.5 Å². The van der Waals surface area contributed by atoms with Crippen LogP contribution in [0.15, 0.2) is 16.8 Å². The molecule has 3 rings (SSSR count). The molecule has 0 bridgehead atoms. The average molecular weight is 347 g/mol. The Morgan fingerprint density at radius 1 is 1.38 bits per heavy atom. The maximum atomic E-state index is 12.7. The van der Waals surface area contributed by atoms with Crippen molar-refractivity contribution in [2.75, 3.05) is 24.6 Å². The van der Waals surface area contributed by atoms with Gasteiger partial charge in [-0.05, 0) is 25.7 Å². The minimum Gasteiger partial charge on any atom is -0.493 e. The van der Waals surface area contributed by atoms with E-state index in [1.165, 1.54) is 17.8 Å². The quantitative estimate of drug-likeness (QED) is 0.589. The summed E-state index contributed by atoms with van der Waals surface area (Å²) in [5.41, 5.74) is 1.59. The highest BCUT2D eigenvalue weighted by Crippen LogP contribution is 2.29. The summed E-state index contributed by atoms with van der Waals surface area (Å²) in [6.07, 6.45) is 5.62. The Morgan fingerprint density at radius 3 is 2.83 bits per heavy atom. The molecule has 1 aliphatic heterocycles. The summed E-state index contributed by atoms with van der Waals surface area (Å²) in [4.78, 5) is 19.8. The van der Waals surface area contributed by atoms with E-state index >= 15 is 0 Å². The molecule has 0 amide bonds.